The number of unbranched alkanes of at least 4 members (excludes halogenated alkanes) is 1. The maximum absolute atomic E-state index is 12.6. The first-order valence-electron chi connectivity index (χ1n) is 7.22. The highest BCUT2D eigenvalue weighted by atomic mass is 19.4. The van der Waals surface area contributed by atoms with E-state index >= 15 is 0 Å². The van der Waals surface area contributed by atoms with Crippen molar-refractivity contribution in [1.82, 2.24) is 0 Å². The lowest BCUT2D eigenvalue weighted by Crippen LogP contribution is -2.22. The molecule has 1 nitrogen and oxygen atoms in total. The summed E-state index contributed by atoms with van der Waals surface area (Å²) in [4.78, 5) is 0. The van der Waals surface area contributed by atoms with Gasteiger partial charge in [-0.15, -0.1) is 0 Å². The molecule has 0 radical (unpaired) electrons. The van der Waals surface area contributed by atoms with Gasteiger partial charge in [-0.25, -0.2) is 0 Å². The van der Waals surface area contributed by atoms with Gasteiger partial charge in [-0.3, -0.25) is 0 Å². The summed E-state index contributed by atoms with van der Waals surface area (Å²) in [6.45, 7) is 4.10. The predicted octanol–water partition coefficient (Wildman–Crippen LogP) is 4.83. The number of benzene rings is 1. The standard InChI is InChI=1S/C16H23F3O/c1-3-5-8-13(4-2)15(20)11-12-7-6-9-14(10-12)16(17,18)19/h6-7,9-10,13,15,20H,3-5,8,11H2,1-2H3. The first kappa shape index (κ1) is 17.0. The van der Waals surface area contributed by atoms with Crippen molar-refractivity contribution < 1.29 is 18.3 Å². The number of alkyl halides is 3. The third kappa shape index (κ3) is 5.16. The normalized spacial score (nSPS) is 15.1. The van der Waals surface area contributed by atoms with Crippen LogP contribution < -0.4 is 0 Å². The second-order valence-corrected chi connectivity index (χ2v) is 5.28. The smallest absolute Gasteiger partial charge is 0.392 e. The molecular formula is C16H23F3O. The Kier molecular flexibility index (Phi) is 6.53. The molecular weight excluding hydrogens is 265 g/mol. The summed E-state index contributed by atoms with van der Waals surface area (Å²) in [5, 5.41) is 10.2. The molecule has 114 valence electrons. The molecule has 0 spiro atoms. The van der Waals surface area contributed by atoms with Gasteiger partial charge in [0.05, 0.1) is 11.7 Å². The van der Waals surface area contributed by atoms with E-state index < -0.39 is 17.8 Å². The molecule has 20 heavy (non-hydrogen) atoms. The Bertz CT molecular complexity index is 401. The summed E-state index contributed by atoms with van der Waals surface area (Å²) >= 11 is 0. The summed E-state index contributed by atoms with van der Waals surface area (Å²) in [5.74, 6) is 0.157. The van der Waals surface area contributed by atoms with Crippen molar-refractivity contribution in [2.45, 2.75) is 58.2 Å². The van der Waals surface area contributed by atoms with Crippen LogP contribution in [0.25, 0.3) is 0 Å². The predicted molar refractivity (Wildman–Crippen MR) is 74.5 cm³/mol. The molecule has 2 unspecified atom stereocenters. The molecule has 4 heteroatoms. The van der Waals surface area contributed by atoms with Gasteiger partial charge < -0.3 is 5.11 Å². The van der Waals surface area contributed by atoms with E-state index in [0.717, 1.165) is 37.8 Å². The number of rotatable bonds is 7. The molecule has 0 aliphatic carbocycles. The number of hydrogen-bond donors (Lipinski definition) is 1. The van der Waals surface area contributed by atoms with E-state index in [-0.39, 0.29) is 12.3 Å². The zero-order valence-electron chi connectivity index (χ0n) is 12.1. The molecule has 0 heterocycles. The fraction of sp³-hybridized carbons (Fsp3) is 0.625. The van der Waals surface area contributed by atoms with Crippen molar-refractivity contribution in [2.24, 2.45) is 5.92 Å². The number of aliphatic hydroxyl groups excluding tert-OH is 1. The third-order valence-electron chi connectivity index (χ3n) is 3.70. The lowest BCUT2D eigenvalue weighted by molar-refractivity contribution is -0.137. The van der Waals surface area contributed by atoms with Crippen molar-refractivity contribution in [1.29, 1.82) is 0 Å². The summed E-state index contributed by atoms with van der Waals surface area (Å²) < 4.78 is 37.9. The van der Waals surface area contributed by atoms with Gasteiger partial charge in [-0.05, 0) is 30.4 Å². The zero-order valence-corrected chi connectivity index (χ0v) is 12.1. The molecule has 0 saturated carbocycles. The van der Waals surface area contributed by atoms with Gasteiger partial charge in [0.1, 0.15) is 0 Å². The fourth-order valence-corrected chi connectivity index (χ4v) is 2.42. The third-order valence-corrected chi connectivity index (χ3v) is 3.70. The van der Waals surface area contributed by atoms with Gasteiger partial charge in [0.25, 0.3) is 0 Å². The number of halogens is 3. The maximum Gasteiger partial charge on any atom is 0.416 e. The summed E-state index contributed by atoms with van der Waals surface area (Å²) in [7, 11) is 0. The topological polar surface area (TPSA) is 20.2 Å². The van der Waals surface area contributed by atoms with Gasteiger partial charge in [0.15, 0.2) is 0 Å². The first-order chi connectivity index (χ1) is 9.38. The Morgan fingerprint density at radius 1 is 1.20 bits per heavy atom. The highest BCUT2D eigenvalue weighted by molar-refractivity contribution is 5.26. The molecule has 0 fully saturated rings. The lowest BCUT2D eigenvalue weighted by atomic mass is 9.89. The van der Waals surface area contributed by atoms with E-state index in [9.17, 15) is 18.3 Å². The van der Waals surface area contributed by atoms with E-state index in [0.29, 0.717) is 5.56 Å². The van der Waals surface area contributed by atoms with Crippen molar-refractivity contribution in [3.05, 3.63) is 35.4 Å². The van der Waals surface area contributed by atoms with Gasteiger partial charge in [0, 0.05) is 0 Å². The molecule has 1 rings (SSSR count). The van der Waals surface area contributed by atoms with Crippen LogP contribution in [-0.4, -0.2) is 11.2 Å². The highest BCUT2D eigenvalue weighted by Gasteiger charge is 2.30. The second kappa shape index (κ2) is 7.67. The number of aliphatic hydroxyl groups is 1. The summed E-state index contributed by atoms with van der Waals surface area (Å²) in [6.07, 6.45) is -0.743. The van der Waals surface area contributed by atoms with Gasteiger partial charge in [0.2, 0.25) is 0 Å². The quantitative estimate of drug-likeness (QED) is 0.762. The Morgan fingerprint density at radius 3 is 2.45 bits per heavy atom. The van der Waals surface area contributed by atoms with Crippen LogP contribution in [0.4, 0.5) is 13.2 Å². The van der Waals surface area contributed by atoms with Gasteiger partial charge >= 0.3 is 6.18 Å². The molecule has 0 amide bonds. The van der Waals surface area contributed by atoms with Gasteiger partial charge in [-0.2, -0.15) is 13.2 Å². The highest BCUT2D eigenvalue weighted by Crippen LogP contribution is 2.30. The van der Waals surface area contributed by atoms with Crippen molar-refractivity contribution in [2.75, 3.05) is 0 Å². The molecule has 1 aromatic carbocycles. The van der Waals surface area contributed by atoms with Crippen molar-refractivity contribution >= 4 is 0 Å². The van der Waals surface area contributed by atoms with Crippen LogP contribution in [0, 0.1) is 5.92 Å². The Balaban J connectivity index is 2.72. The molecule has 2 atom stereocenters. The van der Waals surface area contributed by atoms with Crippen molar-refractivity contribution in [3.8, 4) is 0 Å². The molecule has 0 saturated heterocycles. The Hall–Kier alpha value is -1.03. The minimum Gasteiger partial charge on any atom is -0.392 e. The zero-order chi connectivity index (χ0) is 15.2. The maximum atomic E-state index is 12.6. The van der Waals surface area contributed by atoms with Crippen molar-refractivity contribution in [3.63, 3.8) is 0 Å². The average Bonchev–Trinajstić information content (AvgIpc) is 2.39. The summed E-state index contributed by atoms with van der Waals surface area (Å²) in [5.41, 5.74) is -0.105. The Labute approximate surface area is 118 Å². The van der Waals surface area contributed by atoms with Crippen LogP contribution in [0.15, 0.2) is 24.3 Å². The van der Waals surface area contributed by atoms with Crippen LogP contribution in [0.5, 0.6) is 0 Å². The van der Waals surface area contributed by atoms with Crippen LogP contribution in [0.1, 0.15) is 50.7 Å². The molecule has 1 N–H and O–H groups in total. The first-order valence-corrected chi connectivity index (χ1v) is 7.22. The van der Waals surface area contributed by atoms with E-state index in [1.54, 1.807) is 6.07 Å². The molecule has 1 aromatic rings. The summed E-state index contributed by atoms with van der Waals surface area (Å²) in [6, 6.07) is 5.24. The average molecular weight is 288 g/mol. The SMILES string of the molecule is CCCCC(CC)C(O)Cc1cccc(C(F)(F)F)c1. The monoisotopic (exact) mass is 288 g/mol. The van der Waals surface area contributed by atoms with Crippen LogP contribution in [0.2, 0.25) is 0 Å². The molecule has 0 aliphatic rings. The second-order valence-electron chi connectivity index (χ2n) is 5.28. The van der Waals surface area contributed by atoms with Crippen LogP contribution in [-0.2, 0) is 12.6 Å². The minimum absolute atomic E-state index is 0.157. The van der Waals surface area contributed by atoms with E-state index in [1.165, 1.54) is 6.07 Å². The lowest BCUT2D eigenvalue weighted by Gasteiger charge is -2.22. The number of hydrogen-bond acceptors (Lipinski definition) is 1. The van der Waals surface area contributed by atoms with E-state index in [4.69, 9.17) is 0 Å². The molecule has 0 aromatic heterocycles. The van der Waals surface area contributed by atoms with Crippen LogP contribution >= 0.6 is 0 Å². The fourth-order valence-electron chi connectivity index (χ4n) is 2.42. The Morgan fingerprint density at radius 2 is 1.90 bits per heavy atom. The van der Waals surface area contributed by atoms with E-state index in [2.05, 4.69) is 6.92 Å². The molecule has 0 bridgehead atoms. The van der Waals surface area contributed by atoms with Crippen LogP contribution in [0.3, 0.4) is 0 Å². The largest absolute Gasteiger partial charge is 0.416 e. The molecule has 0 aliphatic heterocycles. The minimum atomic E-state index is -4.33. The van der Waals surface area contributed by atoms with Gasteiger partial charge in [-0.1, -0.05) is 51.3 Å². The van der Waals surface area contributed by atoms with E-state index in [1.807, 2.05) is 6.92 Å².